The maximum absolute atomic E-state index is 12.4. The number of carboxylic acid groups (broad SMARTS) is 1. The van der Waals surface area contributed by atoms with Crippen LogP contribution >= 0.6 is 0 Å². The number of ketones is 1. The van der Waals surface area contributed by atoms with Crippen LogP contribution in [0.5, 0.6) is 0 Å². The molecule has 0 aromatic rings. The first kappa shape index (κ1) is 21.2. The van der Waals surface area contributed by atoms with Gasteiger partial charge in [-0.05, 0) is 27.2 Å². The monoisotopic (exact) mass is 331 g/mol. The third-order valence-electron chi connectivity index (χ3n) is 3.19. The van der Waals surface area contributed by atoms with Crippen LogP contribution in [-0.4, -0.2) is 62.4 Å². The maximum Gasteiger partial charge on any atom is 0.334 e. The number of carbonyl (C=O) groups excluding carboxylic acids is 3. The molecule has 0 aliphatic rings. The number of Topliss-reactive ketones (excluding diaryl/α,β-unsaturated/α-hetero) is 1. The highest BCUT2D eigenvalue weighted by Crippen LogP contribution is 2.15. The lowest BCUT2D eigenvalue weighted by Gasteiger charge is -2.33. The van der Waals surface area contributed by atoms with Crippen LogP contribution in [0.25, 0.3) is 0 Å². The van der Waals surface area contributed by atoms with E-state index in [1.165, 1.54) is 20.8 Å². The van der Waals surface area contributed by atoms with Gasteiger partial charge < -0.3 is 21.7 Å². The maximum atomic E-state index is 12.4. The van der Waals surface area contributed by atoms with Crippen LogP contribution in [0.15, 0.2) is 0 Å². The molecular weight excluding hydrogens is 306 g/mol. The quantitative estimate of drug-likeness (QED) is 0.395. The highest BCUT2D eigenvalue weighted by Gasteiger charge is 2.44. The molecule has 3 unspecified atom stereocenters. The molecule has 0 spiro atoms. The van der Waals surface area contributed by atoms with Gasteiger partial charge in [0.15, 0.2) is 11.8 Å². The van der Waals surface area contributed by atoms with Gasteiger partial charge in [0, 0.05) is 6.42 Å². The minimum absolute atomic E-state index is 0.134. The smallest absolute Gasteiger partial charge is 0.334 e. The van der Waals surface area contributed by atoms with Crippen molar-refractivity contribution < 1.29 is 29.4 Å². The second kappa shape index (κ2) is 8.14. The standard InChI is InChI=1S/C14H25N3O6/c1-5-6-8(18)9(13(21)22)17(11(19)7(2)15)12(20)10(16)14(3,4)23/h7,9-10,23H,5-6,15-16H2,1-4H3,(H,21,22). The number of hydrogen-bond acceptors (Lipinski definition) is 7. The molecule has 6 N–H and O–H groups in total. The van der Waals surface area contributed by atoms with E-state index in [0.717, 1.165) is 0 Å². The Kier molecular flexibility index (Phi) is 7.49. The first-order valence-electron chi connectivity index (χ1n) is 7.22. The lowest BCUT2D eigenvalue weighted by atomic mass is 9.96. The fourth-order valence-corrected chi connectivity index (χ4v) is 1.81. The Labute approximate surface area is 134 Å². The molecule has 9 heteroatoms. The summed E-state index contributed by atoms with van der Waals surface area (Å²) in [6, 6.07) is -4.83. The second-order valence-electron chi connectivity index (χ2n) is 5.92. The van der Waals surface area contributed by atoms with Crippen LogP contribution in [-0.2, 0) is 19.2 Å². The van der Waals surface area contributed by atoms with E-state index in [9.17, 15) is 29.4 Å². The van der Waals surface area contributed by atoms with E-state index in [2.05, 4.69) is 0 Å². The van der Waals surface area contributed by atoms with E-state index in [-0.39, 0.29) is 11.3 Å². The van der Waals surface area contributed by atoms with Gasteiger partial charge in [-0.15, -0.1) is 0 Å². The predicted octanol–water partition coefficient (Wildman–Crippen LogP) is -1.39. The van der Waals surface area contributed by atoms with E-state index < -0.39 is 47.3 Å². The summed E-state index contributed by atoms with van der Waals surface area (Å²) < 4.78 is 0. The zero-order chi connectivity index (χ0) is 18.5. The van der Waals surface area contributed by atoms with Crippen molar-refractivity contribution >= 4 is 23.6 Å². The number of aliphatic hydroxyl groups is 1. The zero-order valence-corrected chi connectivity index (χ0v) is 13.8. The summed E-state index contributed by atoms with van der Waals surface area (Å²) in [5.41, 5.74) is 9.33. The number of imide groups is 1. The zero-order valence-electron chi connectivity index (χ0n) is 13.8. The average molecular weight is 331 g/mol. The van der Waals surface area contributed by atoms with Gasteiger partial charge in [-0.3, -0.25) is 19.3 Å². The minimum atomic E-state index is -2.02. The molecule has 132 valence electrons. The van der Waals surface area contributed by atoms with E-state index in [0.29, 0.717) is 6.42 Å². The van der Waals surface area contributed by atoms with E-state index >= 15 is 0 Å². The van der Waals surface area contributed by atoms with Crippen LogP contribution in [0.2, 0.25) is 0 Å². The highest BCUT2D eigenvalue weighted by atomic mass is 16.4. The summed E-state index contributed by atoms with van der Waals surface area (Å²) in [4.78, 5) is 48.4. The number of rotatable bonds is 8. The van der Waals surface area contributed by atoms with Gasteiger partial charge in [-0.25, -0.2) is 4.79 Å². The Morgan fingerprint density at radius 1 is 1.13 bits per heavy atom. The molecular formula is C14H25N3O6. The molecule has 3 atom stereocenters. The van der Waals surface area contributed by atoms with Crippen LogP contribution in [0, 0.1) is 0 Å². The van der Waals surface area contributed by atoms with Gasteiger partial charge >= 0.3 is 5.97 Å². The number of nitrogens with two attached hydrogens (primary N) is 2. The minimum Gasteiger partial charge on any atom is -0.479 e. The van der Waals surface area contributed by atoms with Crippen molar-refractivity contribution in [3.05, 3.63) is 0 Å². The van der Waals surface area contributed by atoms with Gasteiger partial charge in [0.2, 0.25) is 11.8 Å². The Bertz CT molecular complexity index is 483. The third kappa shape index (κ3) is 5.38. The van der Waals surface area contributed by atoms with Crippen molar-refractivity contribution in [1.82, 2.24) is 4.90 Å². The average Bonchev–Trinajstić information content (AvgIpc) is 2.40. The Morgan fingerprint density at radius 3 is 1.91 bits per heavy atom. The predicted molar refractivity (Wildman–Crippen MR) is 81.1 cm³/mol. The summed E-state index contributed by atoms with van der Waals surface area (Å²) in [6.07, 6.45) is 0.208. The summed E-state index contributed by atoms with van der Waals surface area (Å²) in [7, 11) is 0. The van der Waals surface area contributed by atoms with Crippen LogP contribution in [0.3, 0.4) is 0 Å². The third-order valence-corrected chi connectivity index (χ3v) is 3.19. The van der Waals surface area contributed by atoms with Gasteiger partial charge in [0.25, 0.3) is 0 Å². The Balaban J connectivity index is 5.94. The Hall–Kier alpha value is -1.84. The molecule has 0 aromatic heterocycles. The molecule has 0 rings (SSSR count). The largest absolute Gasteiger partial charge is 0.479 e. The van der Waals surface area contributed by atoms with Crippen molar-refractivity contribution in [2.75, 3.05) is 0 Å². The van der Waals surface area contributed by atoms with Gasteiger partial charge in [0.1, 0.15) is 6.04 Å². The number of hydrogen-bond donors (Lipinski definition) is 4. The van der Waals surface area contributed by atoms with Crippen LogP contribution in [0.1, 0.15) is 40.5 Å². The van der Waals surface area contributed by atoms with E-state index in [1.807, 2.05) is 0 Å². The lowest BCUT2D eigenvalue weighted by molar-refractivity contribution is -0.164. The van der Waals surface area contributed by atoms with Crippen molar-refractivity contribution in [1.29, 1.82) is 0 Å². The number of carbonyl (C=O) groups is 4. The molecule has 0 saturated heterocycles. The summed E-state index contributed by atoms with van der Waals surface area (Å²) >= 11 is 0. The summed E-state index contributed by atoms with van der Waals surface area (Å²) in [6.45, 7) is 5.36. The molecule has 0 aliphatic heterocycles. The first-order valence-corrected chi connectivity index (χ1v) is 7.22. The van der Waals surface area contributed by atoms with Crippen molar-refractivity contribution in [2.24, 2.45) is 11.5 Å². The Morgan fingerprint density at radius 2 is 1.61 bits per heavy atom. The first-order chi connectivity index (χ1) is 10.4. The molecule has 0 radical (unpaired) electrons. The molecule has 9 nitrogen and oxygen atoms in total. The number of aliphatic carboxylic acids is 1. The molecule has 0 aromatic carbocycles. The molecule has 2 amide bonds. The van der Waals surface area contributed by atoms with Crippen molar-refractivity contribution in [3.63, 3.8) is 0 Å². The van der Waals surface area contributed by atoms with Crippen molar-refractivity contribution in [3.8, 4) is 0 Å². The molecule has 0 bridgehead atoms. The fraction of sp³-hybridized carbons (Fsp3) is 0.714. The normalized spacial score (nSPS) is 15.4. The van der Waals surface area contributed by atoms with Crippen molar-refractivity contribution in [2.45, 2.75) is 64.3 Å². The van der Waals surface area contributed by atoms with Crippen LogP contribution < -0.4 is 11.5 Å². The number of amides is 2. The molecule has 0 saturated carbocycles. The molecule has 23 heavy (non-hydrogen) atoms. The van der Waals surface area contributed by atoms with Gasteiger partial charge in [0.05, 0.1) is 11.6 Å². The SMILES string of the molecule is CCCC(=O)C(C(=O)O)N(C(=O)C(C)N)C(=O)C(N)C(C)(C)O. The van der Waals surface area contributed by atoms with E-state index in [1.54, 1.807) is 6.92 Å². The number of nitrogens with zero attached hydrogens (tertiary/aromatic N) is 1. The number of carboxylic acids is 1. The summed E-state index contributed by atoms with van der Waals surface area (Å²) in [5.74, 6) is -4.69. The van der Waals surface area contributed by atoms with Gasteiger partial charge in [-0.1, -0.05) is 6.92 Å². The summed E-state index contributed by atoms with van der Waals surface area (Å²) in [5, 5.41) is 19.1. The molecule has 0 aliphatic carbocycles. The highest BCUT2D eigenvalue weighted by molar-refractivity contribution is 6.12. The second-order valence-corrected chi connectivity index (χ2v) is 5.92. The van der Waals surface area contributed by atoms with Gasteiger partial charge in [-0.2, -0.15) is 0 Å². The van der Waals surface area contributed by atoms with E-state index in [4.69, 9.17) is 11.5 Å². The fourth-order valence-electron chi connectivity index (χ4n) is 1.81. The lowest BCUT2D eigenvalue weighted by Crippen LogP contribution is -2.63. The molecule has 0 fully saturated rings. The molecule has 0 heterocycles. The van der Waals surface area contributed by atoms with Crippen LogP contribution in [0.4, 0.5) is 0 Å². The topological polar surface area (TPSA) is 164 Å².